The van der Waals surface area contributed by atoms with Crippen molar-refractivity contribution in [1.82, 2.24) is 15.1 Å². The third kappa shape index (κ3) is 6.93. The van der Waals surface area contributed by atoms with Gasteiger partial charge in [0.25, 0.3) is 0 Å². The summed E-state index contributed by atoms with van der Waals surface area (Å²) in [6, 6.07) is 21.2. The Morgan fingerprint density at radius 1 is 0.917 bits per heavy atom. The van der Waals surface area contributed by atoms with Gasteiger partial charge in [0.05, 0.1) is 37.9 Å². The normalized spacial score (nSPS) is 29.8. The summed E-state index contributed by atoms with van der Waals surface area (Å²) in [6.45, 7) is 4.91. The molecule has 0 spiro atoms. The highest BCUT2D eigenvalue weighted by Gasteiger charge is 2.38. The van der Waals surface area contributed by atoms with Gasteiger partial charge in [0.1, 0.15) is 0 Å². The topological polar surface area (TPSA) is 74.3 Å². The van der Waals surface area contributed by atoms with Crippen molar-refractivity contribution in [3.8, 4) is 0 Å². The van der Waals surface area contributed by atoms with E-state index in [1.807, 2.05) is 24.3 Å². The fraction of sp³-hybridized carbons (Fsp3) is 0.552. The lowest BCUT2D eigenvalue weighted by Gasteiger charge is -2.44. The molecule has 7 nitrogen and oxygen atoms in total. The lowest BCUT2D eigenvalue weighted by molar-refractivity contribution is -0.158. The lowest BCUT2D eigenvalue weighted by atomic mass is 9.94. The van der Waals surface area contributed by atoms with E-state index in [9.17, 15) is 9.90 Å². The highest BCUT2D eigenvalue weighted by molar-refractivity contribution is 5.76. The molecule has 194 valence electrons. The largest absolute Gasteiger partial charge is 0.389 e. The number of nitrogens with one attached hydrogen (secondary N) is 1. The molecule has 0 saturated carbocycles. The van der Waals surface area contributed by atoms with Crippen LogP contribution in [0, 0.1) is 0 Å². The molecule has 3 heterocycles. The van der Waals surface area contributed by atoms with E-state index in [4.69, 9.17) is 9.47 Å². The summed E-state index contributed by atoms with van der Waals surface area (Å²) in [7, 11) is 0. The Morgan fingerprint density at radius 2 is 1.64 bits per heavy atom. The van der Waals surface area contributed by atoms with Crippen LogP contribution in [0.15, 0.2) is 60.7 Å². The number of rotatable bonds is 7. The number of fused-ring (bicyclic) bond motifs is 1. The average molecular weight is 494 g/mol. The minimum Gasteiger partial charge on any atom is -0.389 e. The average Bonchev–Trinajstić information content (AvgIpc) is 3.30. The van der Waals surface area contributed by atoms with Gasteiger partial charge in [0, 0.05) is 44.8 Å². The predicted octanol–water partition coefficient (Wildman–Crippen LogP) is 2.58. The summed E-state index contributed by atoms with van der Waals surface area (Å²) < 4.78 is 12.2. The van der Waals surface area contributed by atoms with Crippen molar-refractivity contribution >= 4 is 5.91 Å². The first-order valence-corrected chi connectivity index (χ1v) is 13.4. The Labute approximate surface area is 214 Å². The minimum atomic E-state index is -0.508. The zero-order valence-corrected chi connectivity index (χ0v) is 21.0. The molecule has 36 heavy (non-hydrogen) atoms. The summed E-state index contributed by atoms with van der Waals surface area (Å²) in [5, 5.41) is 13.6. The number of hydrogen-bond acceptors (Lipinski definition) is 6. The van der Waals surface area contributed by atoms with Crippen LogP contribution in [0.1, 0.15) is 36.8 Å². The Bertz CT molecular complexity index is 960. The number of aliphatic hydroxyl groups excluding tert-OH is 1. The molecular weight excluding hydrogens is 454 g/mol. The maximum Gasteiger partial charge on any atom is 0.222 e. The summed E-state index contributed by atoms with van der Waals surface area (Å²) in [6.07, 6.45) is 2.44. The number of likely N-dealkylation sites (tertiary alicyclic amines) is 1. The van der Waals surface area contributed by atoms with Gasteiger partial charge in [-0.2, -0.15) is 0 Å². The van der Waals surface area contributed by atoms with Crippen LogP contribution in [-0.4, -0.2) is 84.1 Å². The quantitative estimate of drug-likeness (QED) is 0.618. The minimum absolute atomic E-state index is 0.0772. The molecule has 0 aliphatic carbocycles. The number of amides is 1. The molecule has 2 aromatic rings. The molecule has 1 amide bonds. The van der Waals surface area contributed by atoms with Gasteiger partial charge >= 0.3 is 0 Å². The highest BCUT2D eigenvalue weighted by Crippen LogP contribution is 2.29. The molecule has 5 rings (SSSR count). The van der Waals surface area contributed by atoms with Gasteiger partial charge < -0.3 is 19.9 Å². The van der Waals surface area contributed by atoms with E-state index in [0.717, 1.165) is 45.4 Å². The third-order valence-corrected chi connectivity index (χ3v) is 7.62. The van der Waals surface area contributed by atoms with Crippen LogP contribution in [0.5, 0.6) is 0 Å². The van der Waals surface area contributed by atoms with Gasteiger partial charge in [-0.05, 0) is 30.4 Å². The number of carbonyl (C=O) groups excluding carboxylic acids is 1. The molecule has 2 aromatic carbocycles. The zero-order chi connectivity index (χ0) is 24.7. The van der Waals surface area contributed by atoms with Crippen molar-refractivity contribution in [2.75, 3.05) is 32.8 Å². The van der Waals surface area contributed by atoms with Crippen molar-refractivity contribution in [1.29, 1.82) is 0 Å². The van der Waals surface area contributed by atoms with Crippen LogP contribution >= 0.6 is 0 Å². The molecule has 3 aliphatic rings. The van der Waals surface area contributed by atoms with E-state index >= 15 is 0 Å². The molecule has 0 bridgehead atoms. The molecule has 2 N–H and O–H groups in total. The van der Waals surface area contributed by atoms with E-state index in [0.29, 0.717) is 26.2 Å². The Kier molecular flexibility index (Phi) is 8.67. The molecular formula is C29H39N3O4. The van der Waals surface area contributed by atoms with Gasteiger partial charge in [0.15, 0.2) is 0 Å². The van der Waals surface area contributed by atoms with Crippen molar-refractivity contribution in [3.63, 3.8) is 0 Å². The summed E-state index contributed by atoms with van der Waals surface area (Å²) in [4.78, 5) is 17.6. The van der Waals surface area contributed by atoms with E-state index in [2.05, 4.69) is 51.5 Å². The fourth-order valence-electron chi connectivity index (χ4n) is 5.87. The summed E-state index contributed by atoms with van der Waals surface area (Å²) >= 11 is 0. The van der Waals surface area contributed by atoms with Crippen molar-refractivity contribution in [2.45, 2.75) is 69.2 Å². The number of aliphatic hydroxyl groups is 1. The molecule has 3 saturated heterocycles. The van der Waals surface area contributed by atoms with Gasteiger partial charge in [-0.25, -0.2) is 0 Å². The van der Waals surface area contributed by atoms with Crippen molar-refractivity contribution < 1.29 is 19.4 Å². The molecule has 0 unspecified atom stereocenters. The summed E-state index contributed by atoms with van der Waals surface area (Å²) in [5.41, 5.74) is 2.54. The van der Waals surface area contributed by atoms with Gasteiger partial charge in [-0.15, -0.1) is 0 Å². The van der Waals surface area contributed by atoms with Crippen LogP contribution in [0.3, 0.4) is 0 Å². The number of nitrogens with zero attached hydrogens (tertiary/aromatic N) is 2. The highest BCUT2D eigenvalue weighted by atomic mass is 16.5. The van der Waals surface area contributed by atoms with Crippen LogP contribution in [0.25, 0.3) is 0 Å². The second kappa shape index (κ2) is 12.3. The fourth-order valence-corrected chi connectivity index (χ4v) is 5.87. The molecule has 3 aliphatic heterocycles. The smallest absolute Gasteiger partial charge is 0.222 e. The first-order chi connectivity index (χ1) is 17.6. The number of benzene rings is 2. The van der Waals surface area contributed by atoms with Crippen molar-refractivity contribution in [3.05, 3.63) is 71.8 Å². The van der Waals surface area contributed by atoms with Crippen LogP contribution in [0.4, 0.5) is 0 Å². The van der Waals surface area contributed by atoms with E-state index in [1.54, 1.807) is 0 Å². The second-order valence-electron chi connectivity index (χ2n) is 10.5. The Balaban J connectivity index is 1.11. The van der Waals surface area contributed by atoms with Gasteiger partial charge in [-0.3, -0.25) is 14.6 Å². The molecule has 3 fully saturated rings. The maximum absolute atomic E-state index is 12.9. The van der Waals surface area contributed by atoms with E-state index in [-0.39, 0.29) is 30.2 Å². The van der Waals surface area contributed by atoms with Gasteiger partial charge in [0.2, 0.25) is 5.91 Å². The predicted molar refractivity (Wildman–Crippen MR) is 138 cm³/mol. The number of carbonyl (C=O) groups is 1. The number of β-amino-alcohol motifs (C(OH)–C–C–N with tert-alkyl or cyclic N) is 1. The zero-order valence-electron chi connectivity index (χ0n) is 21.0. The summed E-state index contributed by atoms with van der Waals surface area (Å²) in [5.74, 6) is 0.0772. The number of hydrogen-bond donors (Lipinski definition) is 2. The van der Waals surface area contributed by atoms with Crippen LogP contribution < -0.4 is 5.32 Å². The first-order valence-electron chi connectivity index (χ1n) is 13.4. The first kappa shape index (κ1) is 25.4. The molecule has 5 atom stereocenters. The van der Waals surface area contributed by atoms with E-state index < -0.39 is 6.10 Å². The molecule has 0 aromatic heterocycles. The van der Waals surface area contributed by atoms with E-state index in [1.165, 1.54) is 11.1 Å². The molecule has 7 heteroatoms. The standard InChI is InChI=1S/C29H39N3O4/c33-25-19-32(17-23-9-5-2-6-10-23)27-12-11-26(36-28(27)21-35-20-25)15-29(34)30-24-13-14-31(18-24)16-22-7-3-1-4-8-22/h1-10,24-28,33H,11-21H2,(H,30,34)/t24-,25+,26-,27-,28+/m0/s1. The number of ether oxygens (including phenoxy) is 2. The second-order valence-corrected chi connectivity index (χ2v) is 10.5. The monoisotopic (exact) mass is 493 g/mol. The third-order valence-electron chi connectivity index (χ3n) is 7.62. The SMILES string of the molecule is O=C(C[C@@H]1CC[C@H]2[C@@H](COC[C@H](O)CN2Cc2ccccc2)O1)N[C@H]1CCN(Cc2ccccc2)C1. The van der Waals surface area contributed by atoms with Crippen molar-refractivity contribution in [2.24, 2.45) is 0 Å². The van der Waals surface area contributed by atoms with Crippen LogP contribution in [0.2, 0.25) is 0 Å². The Morgan fingerprint density at radius 3 is 2.39 bits per heavy atom. The van der Waals surface area contributed by atoms with Gasteiger partial charge in [-0.1, -0.05) is 60.7 Å². The Hall–Kier alpha value is -2.29. The van der Waals surface area contributed by atoms with Crippen LogP contribution in [-0.2, 0) is 27.4 Å². The molecule has 0 radical (unpaired) electrons. The lowest BCUT2D eigenvalue weighted by Crippen LogP contribution is -2.55. The maximum atomic E-state index is 12.9.